The lowest BCUT2D eigenvalue weighted by Crippen LogP contribution is -2.46. The largest absolute Gasteiger partial charge is 0.355 e. The molecule has 0 atom stereocenters. The average molecular weight is 352 g/mol. The molecule has 4 aromatic rings. The highest BCUT2D eigenvalue weighted by atomic mass is 15.2. The first-order valence-corrected chi connectivity index (χ1v) is 8.82. The van der Waals surface area contributed by atoms with E-state index in [0.717, 1.165) is 41.3 Å². The number of nitrogens with zero attached hydrogens (tertiary/aromatic N) is 6. The summed E-state index contributed by atoms with van der Waals surface area (Å²) in [6, 6.07) is 16.3. The minimum atomic E-state index is 0.287. The van der Waals surface area contributed by atoms with Crippen molar-refractivity contribution in [2.75, 3.05) is 18.0 Å². The van der Waals surface area contributed by atoms with Crippen molar-refractivity contribution in [1.82, 2.24) is 19.5 Å². The molecule has 0 saturated carbocycles. The van der Waals surface area contributed by atoms with Crippen molar-refractivity contribution in [2.45, 2.75) is 5.92 Å². The third-order valence-electron chi connectivity index (χ3n) is 4.95. The molecule has 5 rings (SSSR count). The van der Waals surface area contributed by atoms with E-state index in [4.69, 9.17) is 10.2 Å². The summed E-state index contributed by atoms with van der Waals surface area (Å²) in [5.41, 5.74) is 2.58. The van der Waals surface area contributed by atoms with Crippen LogP contribution in [0, 0.1) is 11.3 Å². The first-order valence-electron chi connectivity index (χ1n) is 8.82. The molecular weight excluding hydrogens is 336 g/mol. The van der Waals surface area contributed by atoms with Crippen molar-refractivity contribution in [3.63, 3.8) is 0 Å². The highest BCUT2D eigenvalue weighted by molar-refractivity contribution is 5.80. The van der Waals surface area contributed by atoms with Crippen molar-refractivity contribution < 1.29 is 0 Å². The zero-order chi connectivity index (χ0) is 18.2. The predicted molar refractivity (Wildman–Crippen MR) is 103 cm³/mol. The Kier molecular flexibility index (Phi) is 3.58. The van der Waals surface area contributed by atoms with Gasteiger partial charge in [-0.15, -0.1) is 0 Å². The number of hydrogen-bond donors (Lipinski definition) is 0. The fourth-order valence-electron chi connectivity index (χ4n) is 3.49. The fourth-order valence-corrected chi connectivity index (χ4v) is 3.49. The van der Waals surface area contributed by atoms with E-state index in [1.807, 2.05) is 29.0 Å². The van der Waals surface area contributed by atoms with Gasteiger partial charge in [0.1, 0.15) is 11.9 Å². The quantitative estimate of drug-likeness (QED) is 0.566. The Morgan fingerprint density at radius 2 is 1.85 bits per heavy atom. The van der Waals surface area contributed by atoms with Gasteiger partial charge in [0.2, 0.25) is 0 Å². The molecule has 0 amide bonds. The molecule has 0 radical (unpaired) electrons. The molecule has 0 spiro atoms. The zero-order valence-corrected chi connectivity index (χ0v) is 14.5. The topological polar surface area (TPSA) is 70.6 Å². The van der Waals surface area contributed by atoms with Gasteiger partial charge in [-0.1, -0.05) is 18.2 Å². The predicted octanol–water partition coefficient (Wildman–Crippen LogP) is 3.29. The molecule has 6 heteroatoms. The molecule has 4 heterocycles. The van der Waals surface area contributed by atoms with E-state index in [-0.39, 0.29) is 5.92 Å². The third kappa shape index (κ3) is 2.70. The Balaban J connectivity index is 1.40. The van der Waals surface area contributed by atoms with Crippen molar-refractivity contribution in [3.8, 4) is 11.9 Å². The SMILES string of the molecule is N#Cc1ccn(-c2nccnc2C2CN(c3ccc4ccccc4n3)C2)c1. The highest BCUT2D eigenvalue weighted by Gasteiger charge is 2.32. The summed E-state index contributed by atoms with van der Waals surface area (Å²) >= 11 is 0. The monoisotopic (exact) mass is 352 g/mol. The number of hydrogen-bond acceptors (Lipinski definition) is 5. The van der Waals surface area contributed by atoms with Gasteiger partial charge in [-0.3, -0.25) is 4.98 Å². The lowest BCUT2D eigenvalue weighted by molar-refractivity contribution is 0.505. The van der Waals surface area contributed by atoms with Crippen LogP contribution in [0.4, 0.5) is 5.82 Å². The number of rotatable bonds is 3. The van der Waals surface area contributed by atoms with Crippen LogP contribution in [0.2, 0.25) is 0 Å². The van der Waals surface area contributed by atoms with Gasteiger partial charge in [-0.05, 0) is 24.3 Å². The standard InChI is InChI=1S/C21H16N6/c22-11-15-7-10-26(12-15)21-20(23-8-9-24-21)17-13-27(14-17)19-6-5-16-3-1-2-4-18(16)25-19/h1-10,12,17H,13-14H2. The molecular formula is C21H16N6. The number of aromatic nitrogens is 4. The smallest absolute Gasteiger partial charge is 0.158 e. The van der Waals surface area contributed by atoms with Crippen LogP contribution in [0.3, 0.4) is 0 Å². The molecule has 1 aliphatic heterocycles. The summed E-state index contributed by atoms with van der Waals surface area (Å²) in [7, 11) is 0. The summed E-state index contributed by atoms with van der Waals surface area (Å²) in [5, 5.41) is 10.2. The fraction of sp³-hybridized carbons (Fsp3) is 0.143. The maximum absolute atomic E-state index is 9.06. The molecule has 1 saturated heterocycles. The average Bonchev–Trinajstić information content (AvgIpc) is 3.16. The van der Waals surface area contributed by atoms with E-state index in [2.05, 4.69) is 39.1 Å². The van der Waals surface area contributed by atoms with Gasteiger partial charge in [0.25, 0.3) is 0 Å². The van der Waals surface area contributed by atoms with E-state index < -0.39 is 0 Å². The molecule has 1 fully saturated rings. The summed E-state index contributed by atoms with van der Waals surface area (Å²) < 4.78 is 1.87. The first-order chi connectivity index (χ1) is 13.3. The van der Waals surface area contributed by atoms with E-state index in [0.29, 0.717) is 5.56 Å². The molecule has 0 unspecified atom stereocenters. The van der Waals surface area contributed by atoms with Gasteiger partial charge in [0.15, 0.2) is 5.82 Å². The summed E-state index contributed by atoms with van der Waals surface area (Å²) in [6.07, 6.45) is 7.05. The zero-order valence-electron chi connectivity index (χ0n) is 14.5. The Morgan fingerprint density at radius 3 is 2.70 bits per heavy atom. The number of fused-ring (bicyclic) bond motifs is 1. The Bertz CT molecular complexity index is 1170. The van der Waals surface area contributed by atoms with Crippen molar-refractivity contribution in [1.29, 1.82) is 5.26 Å². The normalized spacial score (nSPS) is 14.1. The minimum Gasteiger partial charge on any atom is -0.355 e. The lowest BCUT2D eigenvalue weighted by atomic mass is 9.95. The molecule has 3 aromatic heterocycles. The summed E-state index contributed by atoms with van der Waals surface area (Å²) in [4.78, 5) is 16.1. The molecule has 130 valence electrons. The number of para-hydroxylation sites is 1. The van der Waals surface area contributed by atoms with Crippen molar-refractivity contribution in [3.05, 3.63) is 78.5 Å². The van der Waals surface area contributed by atoms with E-state index >= 15 is 0 Å². The maximum Gasteiger partial charge on any atom is 0.158 e. The lowest BCUT2D eigenvalue weighted by Gasteiger charge is -2.40. The number of anilines is 1. The van der Waals surface area contributed by atoms with Crippen LogP contribution in [0.1, 0.15) is 17.2 Å². The molecule has 0 bridgehead atoms. The van der Waals surface area contributed by atoms with Gasteiger partial charge < -0.3 is 9.47 Å². The summed E-state index contributed by atoms with van der Waals surface area (Å²) in [6.45, 7) is 1.70. The van der Waals surface area contributed by atoms with Crippen molar-refractivity contribution in [2.24, 2.45) is 0 Å². The van der Waals surface area contributed by atoms with Crippen LogP contribution in [0.15, 0.2) is 67.3 Å². The van der Waals surface area contributed by atoms with Crippen molar-refractivity contribution >= 4 is 16.7 Å². The second-order valence-corrected chi connectivity index (χ2v) is 6.65. The molecule has 27 heavy (non-hydrogen) atoms. The van der Waals surface area contributed by atoms with Gasteiger partial charge >= 0.3 is 0 Å². The first kappa shape index (κ1) is 15.5. The molecule has 6 nitrogen and oxygen atoms in total. The molecule has 1 aliphatic rings. The Labute approximate surface area is 156 Å². The molecule has 0 N–H and O–H groups in total. The molecule has 1 aromatic carbocycles. The Morgan fingerprint density at radius 1 is 1.00 bits per heavy atom. The van der Waals surface area contributed by atoms with E-state index in [9.17, 15) is 0 Å². The number of pyridine rings is 1. The minimum absolute atomic E-state index is 0.287. The van der Waals surface area contributed by atoms with Gasteiger partial charge in [-0.25, -0.2) is 9.97 Å². The van der Waals surface area contributed by atoms with E-state index in [1.165, 1.54) is 0 Å². The van der Waals surface area contributed by atoms with Crippen LogP contribution < -0.4 is 4.90 Å². The van der Waals surface area contributed by atoms with Gasteiger partial charge in [0.05, 0.1) is 16.8 Å². The van der Waals surface area contributed by atoms with Crippen LogP contribution in [0.5, 0.6) is 0 Å². The van der Waals surface area contributed by atoms with Crippen LogP contribution in [0.25, 0.3) is 16.7 Å². The molecule has 0 aliphatic carbocycles. The maximum atomic E-state index is 9.06. The number of benzene rings is 1. The highest BCUT2D eigenvalue weighted by Crippen LogP contribution is 2.32. The van der Waals surface area contributed by atoms with E-state index in [1.54, 1.807) is 24.7 Å². The van der Waals surface area contributed by atoms with Crippen LogP contribution in [-0.4, -0.2) is 32.6 Å². The second-order valence-electron chi connectivity index (χ2n) is 6.65. The third-order valence-corrected chi connectivity index (χ3v) is 4.95. The van der Waals surface area contributed by atoms with Gasteiger partial charge in [-0.2, -0.15) is 5.26 Å². The second kappa shape index (κ2) is 6.22. The summed E-state index contributed by atoms with van der Waals surface area (Å²) in [5.74, 6) is 2.06. The Hall–Kier alpha value is -3.72. The van der Waals surface area contributed by atoms with Crippen LogP contribution >= 0.6 is 0 Å². The number of nitriles is 1. The van der Waals surface area contributed by atoms with Gasteiger partial charge in [0, 0.05) is 49.2 Å². The van der Waals surface area contributed by atoms with Crippen LogP contribution in [-0.2, 0) is 0 Å².